The van der Waals surface area contributed by atoms with Crippen LogP contribution in [0.2, 0.25) is 0 Å². The van der Waals surface area contributed by atoms with Crippen LogP contribution >= 0.6 is 0 Å². The number of benzene rings is 2. The molecule has 21 heavy (non-hydrogen) atoms. The van der Waals surface area contributed by atoms with Gasteiger partial charge in [0.15, 0.2) is 11.5 Å². The molecule has 0 radical (unpaired) electrons. The molecule has 0 saturated carbocycles. The van der Waals surface area contributed by atoms with Crippen molar-refractivity contribution in [2.75, 3.05) is 13.4 Å². The fraction of sp³-hybridized carbons (Fsp3) is 0.294. The molecule has 1 heterocycles. The van der Waals surface area contributed by atoms with Crippen LogP contribution < -0.4 is 19.5 Å². The zero-order chi connectivity index (χ0) is 14.5. The van der Waals surface area contributed by atoms with Gasteiger partial charge in [0.25, 0.3) is 0 Å². The van der Waals surface area contributed by atoms with E-state index in [9.17, 15) is 0 Å². The Kier molecular flexibility index (Phi) is 4.26. The summed E-state index contributed by atoms with van der Waals surface area (Å²) >= 11 is 0. The van der Waals surface area contributed by atoms with Crippen molar-refractivity contribution in [2.45, 2.75) is 20.0 Å². The lowest BCUT2D eigenvalue weighted by molar-refractivity contribution is 0.173. The van der Waals surface area contributed by atoms with Crippen LogP contribution in [0.3, 0.4) is 0 Å². The number of hydrogen-bond donors (Lipinski definition) is 1. The first kappa shape index (κ1) is 13.8. The molecule has 2 aromatic carbocycles. The first-order chi connectivity index (χ1) is 10.4. The van der Waals surface area contributed by atoms with E-state index in [1.54, 1.807) is 0 Å². The lowest BCUT2D eigenvalue weighted by atomic mass is 10.1. The highest BCUT2D eigenvalue weighted by Crippen LogP contribution is 2.35. The number of fused-ring (bicyclic) bond motifs is 1. The van der Waals surface area contributed by atoms with Crippen molar-refractivity contribution in [3.8, 4) is 17.2 Å². The molecule has 1 aliphatic rings. The van der Waals surface area contributed by atoms with Crippen molar-refractivity contribution >= 4 is 0 Å². The first-order valence-electron chi connectivity index (χ1n) is 7.17. The van der Waals surface area contributed by atoms with Crippen LogP contribution in [0, 0.1) is 0 Å². The van der Waals surface area contributed by atoms with Gasteiger partial charge >= 0.3 is 0 Å². The predicted octanol–water partition coefficient (Wildman–Crippen LogP) is 3.10. The van der Waals surface area contributed by atoms with Gasteiger partial charge in [-0.2, -0.15) is 0 Å². The molecular weight excluding hydrogens is 266 g/mol. The molecular formula is C17H19NO3. The van der Waals surface area contributed by atoms with Crippen molar-refractivity contribution in [3.63, 3.8) is 0 Å². The standard InChI is InChI=1S/C17H19NO3/c1-2-19-15-7-3-5-13(9-15)10-18-11-14-6-4-8-16-17(14)21-12-20-16/h3-9,18H,2,10-12H2,1H3. The lowest BCUT2D eigenvalue weighted by Crippen LogP contribution is -2.13. The summed E-state index contributed by atoms with van der Waals surface area (Å²) < 4.78 is 16.4. The smallest absolute Gasteiger partial charge is 0.231 e. The summed E-state index contributed by atoms with van der Waals surface area (Å²) in [4.78, 5) is 0. The highest BCUT2D eigenvalue weighted by molar-refractivity contribution is 5.48. The van der Waals surface area contributed by atoms with E-state index in [2.05, 4.69) is 23.5 Å². The maximum absolute atomic E-state index is 5.51. The molecule has 0 spiro atoms. The van der Waals surface area contributed by atoms with Gasteiger partial charge in [0.1, 0.15) is 5.75 Å². The van der Waals surface area contributed by atoms with E-state index >= 15 is 0 Å². The molecule has 4 heteroatoms. The molecule has 2 aromatic rings. The third kappa shape index (κ3) is 3.28. The third-order valence-electron chi connectivity index (χ3n) is 3.33. The van der Waals surface area contributed by atoms with E-state index in [1.807, 2.05) is 31.2 Å². The molecule has 4 nitrogen and oxygen atoms in total. The van der Waals surface area contributed by atoms with E-state index in [4.69, 9.17) is 14.2 Å². The molecule has 0 unspecified atom stereocenters. The Hall–Kier alpha value is -2.20. The highest BCUT2D eigenvalue weighted by atomic mass is 16.7. The van der Waals surface area contributed by atoms with Crippen molar-refractivity contribution in [1.82, 2.24) is 5.32 Å². The van der Waals surface area contributed by atoms with Crippen LogP contribution in [-0.2, 0) is 13.1 Å². The maximum atomic E-state index is 5.51. The highest BCUT2D eigenvalue weighted by Gasteiger charge is 2.16. The topological polar surface area (TPSA) is 39.7 Å². The zero-order valence-corrected chi connectivity index (χ0v) is 12.1. The van der Waals surface area contributed by atoms with Crippen molar-refractivity contribution in [3.05, 3.63) is 53.6 Å². The largest absolute Gasteiger partial charge is 0.494 e. The number of rotatable bonds is 6. The summed E-state index contributed by atoms with van der Waals surface area (Å²) in [7, 11) is 0. The molecule has 3 rings (SSSR count). The minimum atomic E-state index is 0.308. The average Bonchev–Trinajstić information content (AvgIpc) is 2.97. The van der Waals surface area contributed by atoms with Crippen molar-refractivity contribution in [2.24, 2.45) is 0 Å². The summed E-state index contributed by atoms with van der Waals surface area (Å²) in [5, 5.41) is 3.43. The second-order valence-corrected chi connectivity index (χ2v) is 4.83. The van der Waals surface area contributed by atoms with E-state index in [0.29, 0.717) is 13.4 Å². The SMILES string of the molecule is CCOc1cccc(CNCc2cccc3c2OCO3)c1. The molecule has 1 aliphatic heterocycles. The maximum Gasteiger partial charge on any atom is 0.231 e. The fourth-order valence-corrected chi connectivity index (χ4v) is 2.38. The number of ether oxygens (including phenoxy) is 3. The summed E-state index contributed by atoms with van der Waals surface area (Å²) in [5.74, 6) is 2.59. The van der Waals surface area contributed by atoms with Gasteiger partial charge in [-0.05, 0) is 30.7 Å². The van der Waals surface area contributed by atoms with Crippen molar-refractivity contribution in [1.29, 1.82) is 0 Å². The Morgan fingerprint density at radius 3 is 2.90 bits per heavy atom. The van der Waals surface area contributed by atoms with Gasteiger partial charge in [0.2, 0.25) is 6.79 Å². The molecule has 0 bridgehead atoms. The zero-order valence-electron chi connectivity index (χ0n) is 12.1. The van der Waals surface area contributed by atoms with Gasteiger partial charge in [0.05, 0.1) is 6.61 Å². The summed E-state index contributed by atoms with van der Waals surface area (Å²) in [6.45, 7) is 4.51. The Bertz CT molecular complexity index is 613. The second kappa shape index (κ2) is 6.50. The van der Waals surface area contributed by atoms with E-state index in [0.717, 1.165) is 35.9 Å². The molecule has 0 amide bonds. The number of para-hydroxylation sites is 1. The average molecular weight is 285 g/mol. The molecule has 0 fully saturated rings. The monoisotopic (exact) mass is 285 g/mol. The molecule has 0 aromatic heterocycles. The van der Waals surface area contributed by atoms with Crippen molar-refractivity contribution < 1.29 is 14.2 Å². The van der Waals surface area contributed by atoms with E-state index < -0.39 is 0 Å². The first-order valence-corrected chi connectivity index (χ1v) is 7.17. The second-order valence-electron chi connectivity index (χ2n) is 4.83. The quantitative estimate of drug-likeness (QED) is 0.885. The van der Waals surface area contributed by atoms with Gasteiger partial charge < -0.3 is 19.5 Å². The van der Waals surface area contributed by atoms with Gasteiger partial charge in [-0.25, -0.2) is 0 Å². The van der Waals surface area contributed by atoms with Gasteiger partial charge in [-0.15, -0.1) is 0 Å². The van der Waals surface area contributed by atoms with Crippen LogP contribution in [0.5, 0.6) is 17.2 Å². The predicted molar refractivity (Wildman–Crippen MR) is 80.7 cm³/mol. The van der Waals surface area contributed by atoms with E-state index in [1.165, 1.54) is 5.56 Å². The molecule has 0 atom stereocenters. The van der Waals surface area contributed by atoms with Crippen LogP contribution in [0.1, 0.15) is 18.1 Å². The van der Waals surface area contributed by atoms with Gasteiger partial charge in [-0.1, -0.05) is 24.3 Å². The van der Waals surface area contributed by atoms with Gasteiger partial charge in [0, 0.05) is 18.7 Å². The van der Waals surface area contributed by atoms with Gasteiger partial charge in [-0.3, -0.25) is 0 Å². The number of nitrogens with one attached hydrogen (secondary N) is 1. The Labute approximate surface area is 124 Å². The molecule has 0 saturated heterocycles. The Morgan fingerprint density at radius 2 is 2.00 bits per heavy atom. The van der Waals surface area contributed by atoms with E-state index in [-0.39, 0.29) is 0 Å². The molecule has 110 valence electrons. The summed E-state index contributed by atoms with van der Waals surface area (Å²) in [6, 6.07) is 14.1. The lowest BCUT2D eigenvalue weighted by Gasteiger charge is -2.09. The number of hydrogen-bond acceptors (Lipinski definition) is 4. The van der Waals surface area contributed by atoms with Crippen LogP contribution in [0.25, 0.3) is 0 Å². The minimum absolute atomic E-state index is 0.308. The molecule has 1 N–H and O–H groups in total. The third-order valence-corrected chi connectivity index (χ3v) is 3.33. The Balaban J connectivity index is 1.59. The van der Waals surface area contributed by atoms with Crippen LogP contribution in [-0.4, -0.2) is 13.4 Å². The Morgan fingerprint density at radius 1 is 1.10 bits per heavy atom. The molecule has 0 aliphatic carbocycles. The van der Waals surface area contributed by atoms with Crippen LogP contribution in [0.4, 0.5) is 0 Å². The van der Waals surface area contributed by atoms with Crippen LogP contribution in [0.15, 0.2) is 42.5 Å². The fourth-order valence-electron chi connectivity index (χ4n) is 2.38. The summed E-state index contributed by atoms with van der Waals surface area (Å²) in [5.41, 5.74) is 2.32. The normalized spacial score (nSPS) is 12.4. The summed E-state index contributed by atoms with van der Waals surface area (Å²) in [6.07, 6.45) is 0. The minimum Gasteiger partial charge on any atom is -0.494 e.